The Bertz CT molecular complexity index is 871. The summed E-state index contributed by atoms with van der Waals surface area (Å²) in [7, 11) is 0. The van der Waals surface area contributed by atoms with Gasteiger partial charge in [-0.15, -0.1) is 10.2 Å². The van der Waals surface area contributed by atoms with Gasteiger partial charge in [-0.3, -0.25) is 0 Å². The van der Waals surface area contributed by atoms with E-state index in [1.54, 1.807) is 6.07 Å². The van der Waals surface area contributed by atoms with Gasteiger partial charge in [-0.25, -0.2) is 0 Å². The summed E-state index contributed by atoms with van der Waals surface area (Å²) in [6.45, 7) is 4.08. The third-order valence-corrected chi connectivity index (χ3v) is 3.46. The summed E-state index contributed by atoms with van der Waals surface area (Å²) < 4.78 is 1.40. The Morgan fingerprint density at radius 1 is 1.14 bits per heavy atom. The van der Waals surface area contributed by atoms with E-state index in [1.165, 1.54) is 16.4 Å². The molecule has 0 spiro atoms. The second kappa shape index (κ2) is 5.30. The van der Waals surface area contributed by atoms with Gasteiger partial charge in [0.1, 0.15) is 17.5 Å². The van der Waals surface area contributed by atoms with Crippen LogP contribution in [0.25, 0.3) is 17.1 Å². The normalized spacial score (nSPS) is 10.4. The van der Waals surface area contributed by atoms with E-state index in [1.807, 2.05) is 26.0 Å². The summed E-state index contributed by atoms with van der Waals surface area (Å²) >= 11 is 0. The third-order valence-electron chi connectivity index (χ3n) is 3.46. The van der Waals surface area contributed by atoms with Gasteiger partial charge in [-0.1, -0.05) is 17.7 Å². The minimum Gasteiger partial charge on any atom is -0.382 e. The lowest BCUT2D eigenvalue weighted by Gasteiger charge is -2.07. The van der Waals surface area contributed by atoms with E-state index in [2.05, 4.69) is 33.5 Å². The summed E-state index contributed by atoms with van der Waals surface area (Å²) in [5.41, 5.74) is 10.3. The molecule has 0 radical (unpaired) electrons. The van der Waals surface area contributed by atoms with E-state index in [0.717, 1.165) is 16.8 Å². The van der Waals surface area contributed by atoms with Crippen molar-refractivity contribution in [1.82, 2.24) is 20.0 Å². The fourth-order valence-corrected chi connectivity index (χ4v) is 2.22. The SMILES string of the molecule is Cc1ccc(C)c(-c2ccc(-n3ncc(C#N)c3N)nn2)c1. The Hall–Kier alpha value is -3.20. The van der Waals surface area contributed by atoms with Gasteiger partial charge in [0.2, 0.25) is 0 Å². The molecule has 0 unspecified atom stereocenters. The van der Waals surface area contributed by atoms with Crippen LogP contribution in [0.15, 0.2) is 36.5 Å². The molecule has 3 aromatic rings. The molecular formula is C16H14N6. The largest absolute Gasteiger partial charge is 0.382 e. The van der Waals surface area contributed by atoms with Gasteiger partial charge >= 0.3 is 0 Å². The van der Waals surface area contributed by atoms with Crippen LogP contribution in [0, 0.1) is 25.2 Å². The third kappa shape index (κ3) is 2.29. The number of nitriles is 1. The smallest absolute Gasteiger partial charge is 0.178 e. The highest BCUT2D eigenvalue weighted by Crippen LogP contribution is 2.23. The van der Waals surface area contributed by atoms with Crippen molar-refractivity contribution in [2.75, 3.05) is 5.73 Å². The van der Waals surface area contributed by atoms with Gasteiger partial charge in [-0.05, 0) is 37.6 Å². The first-order chi connectivity index (χ1) is 10.6. The fourth-order valence-electron chi connectivity index (χ4n) is 2.22. The Kier molecular flexibility index (Phi) is 3.31. The van der Waals surface area contributed by atoms with Crippen LogP contribution in [-0.2, 0) is 0 Å². The van der Waals surface area contributed by atoms with Crippen LogP contribution >= 0.6 is 0 Å². The molecule has 0 atom stereocenters. The molecule has 0 saturated carbocycles. The molecule has 0 aliphatic carbocycles. The van der Waals surface area contributed by atoms with Crippen LogP contribution in [-0.4, -0.2) is 20.0 Å². The van der Waals surface area contributed by atoms with E-state index in [-0.39, 0.29) is 5.82 Å². The molecule has 1 aromatic carbocycles. The maximum absolute atomic E-state index is 8.91. The number of hydrogen-bond donors (Lipinski definition) is 1. The number of anilines is 1. The molecule has 6 nitrogen and oxygen atoms in total. The van der Waals surface area contributed by atoms with E-state index in [4.69, 9.17) is 11.0 Å². The van der Waals surface area contributed by atoms with Crippen molar-refractivity contribution in [2.24, 2.45) is 0 Å². The Labute approximate surface area is 127 Å². The van der Waals surface area contributed by atoms with Gasteiger partial charge in [-0.2, -0.15) is 15.0 Å². The summed E-state index contributed by atoms with van der Waals surface area (Å²) in [6.07, 6.45) is 1.41. The van der Waals surface area contributed by atoms with Crippen molar-refractivity contribution < 1.29 is 0 Å². The van der Waals surface area contributed by atoms with Crippen molar-refractivity contribution in [2.45, 2.75) is 13.8 Å². The number of rotatable bonds is 2. The summed E-state index contributed by atoms with van der Waals surface area (Å²) in [4.78, 5) is 0. The van der Waals surface area contributed by atoms with Crippen LogP contribution < -0.4 is 5.73 Å². The van der Waals surface area contributed by atoms with Crippen molar-refractivity contribution in [3.8, 4) is 23.1 Å². The quantitative estimate of drug-likeness (QED) is 0.782. The van der Waals surface area contributed by atoms with Gasteiger partial charge in [0, 0.05) is 5.56 Å². The summed E-state index contributed by atoms with van der Waals surface area (Å²) in [5.74, 6) is 0.740. The Balaban J connectivity index is 2.01. The van der Waals surface area contributed by atoms with Crippen LogP contribution in [0.5, 0.6) is 0 Å². The molecule has 6 heteroatoms. The average molecular weight is 290 g/mol. The predicted molar refractivity (Wildman–Crippen MR) is 83.2 cm³/mol. The highest BCUT2D eigenvalue weighted by Gasteiger charge is 2.11. The van der Waals surface area contributed by atoms with Crippen molar-refractivity contribution in [3.05, 3.63) is 53.2 Å². The lowest BCUT2D eigenvalue weighted by molar-refractivity contribution is 0.824. The van der Waals surface area contributed by atoms with Crippen molar-refractivity contribution in [1.29, 1.82) is 5.26 Å². The molecule has 0 bridgehead atoms. The van der Waals surface area contributed by atoms with E-state index in [9.17, 15) is 0 Å². The molecule has 0 aliphatic rings. The first-order valence-corrected chi connectivity index (χ1v) is 6.75. The number of aromatic nitrogens is 4. The highest BCUT2D eigenvalue weighted by molar-refractivity contribution is 5.64. The van der Waals surface area contributed by atoms with Crippen LogP contribution in [0.3, 0.4) is 0 Å². The highest BCUT2D eigenvalue weighted by atomic mass is 15.4. The van der Waals surface area contributed by atoms with Crippen LogP contribution in [0.1, 0.15) is 16.7 Å². The summed E-state index contributed by atoms with van der Waals surface area (Å²) in [6, 6.07) is 11.8. The molecule has 0 fully saturated rings. The van der Waals surface area contributed by atoms with Gasteiger partial charge in [0.05, 0.1) is 11.9 Å². The van der Waals surface area contributed by atoms with Crippen LogP contribution in [0.2, 0.25) is 0 Å². The van der Waals surface area contributed by atoms with Gasteiger partial charge in [0.15, 0.2) is 5.82 Å². The molecule has 0 aliphatic heterocycles. The summed E-state index contributed by atoms with van der Waals surface area (Å²) in [5, 5.41) is 21.4. The molecule has 0 amide bonds. The number of nitrogens with two attached hydrogens (primary N) is 1. The molecule has 3 rings (SSSR count). The second-order valence-electron chi connectivity index (χ2n) is 5.06. The average Bonchev–Trinajstić information content (AvgIpc) is 2.91. The minimum absolute atomic E-state index is 0.260. The number of hydrogen-bond acceptors (Lipinski definition) is 5. The van der Waals surface area contributed by atoms with Gasteiger partial charge < -0.3 is 5.73 Å². The first kappa shape index (κ1) is 13.8. The molecule has 2 N–H and O–H groups in total. The standard InChI is InChI=1S/C16H14N6/c1-10-3-4-11(2)13(7-10)14-5-6-15(21-20-14)22-16(18)12(8-17)9-19-22/h3-7,9H,18H2,1-2H3. The molecular weight excluding hydrogens is 276 g/mol. The molecule has 0 saturated heterocycles. The van der Waals surface area contributed by atoms with Crippen molar-refractivity contribution in [3.63, 3.8) is 0 Å². The molecule has 2 aromatic heterocycles. The minimum atomic E-state index is 0.260. The zero-order chi connectivity index (χ0) is 15.7. The topological polar surface area (TPSA) is 93.4 Å². The number of benzene rings is 1. The van der Waals surface area contributed by atoms with Gasteiger partial charge in [0.25, 0.3) is 0 Å². The monoisotopic (exact) mass is 290 g/mol. The van der Waals surface area contributed by atoms with Crippen LogP contribution in [0.4, 0.5) is 5.82 Å². The van der Waals surface area contributed by atoms with E-state index < -0.39 is 0 Å². The number of nitrogens with zero attached hydrogens (tertiary/aromatic N) is 5. The number of nitrogen functional groups attached to an aromatic ring is 1. The number of aryl methyl sites for hydroxylation is 2. The molecule has 108 valence electrons. The molecule has 22 heavy (non-hydrogen) atoms. The predicted octanol–water partition coefficient (Wildman–Crippen LogP) is 2.40. The zero-order valence-corrected chi connectivity index (χ0v) is 12.3. The molecule has 2 heterocycles. The van der Waals surface area contributed by atoms with Crippen molar-refractivity contribution >= 4 is 5.82 Å². The zero-order valence-electron chi connectivity index (χ0n) is 12.3. The van der Waals surface area contributed by atoms with E-state index in [0.29, 0.717) is 11.4 Å². The second-order valence-corrected chi connectivity index (χ2v) is 5.06. The maximum atomic E-state index is 8.91. The maximum Gasteiger partial charge on any atom is 0.178 e. The Morgan fingerprint density at radius 2 is 1.95 bits per heavy atom. The Morgan fingerprint density at radius 3 is 2.59 bits per heavy atom. The van der Waals surface area contributed by atoms with E-state index >= 15 is 0 Å². The lowest BCUT2D eigenvalue weighted by atomic mass is 10.0. The fraction of sp³-hybridized carbons (Fsp3) is 0.125. The first-order valence-electron chi connectivity index (χ1n) is 6.75. The lowest BCUT2D eigenvalue weighted by Crippen LogP contribution is -2.06.